The Hall–Kier alpha value is -3.46. The van der Waals surface area contributed by atoms with Gasteiger partial charge in [0.05, 0.1) is 11.6 Å². The second-order valence-corrected chi connectivity index (χ2v) is 5.12. The maximum Gasteiger partial charge on any atom is 0.331 e. The molecule has 5 nitrogen and oxygen atoms in total. The maximum absolute atomic E-state index is 13.4. The first-order valence-electron chi connectivity index (χ1n) is 7.44. The Kier molecular flexibility index (Phi) is 6.02. The maximum atomic E-state index is 13.4. The molecule has 1 amide bonds. The first kappa shape index (κ1) is 17.9. The van der Waals surface area contributed by atoms with E-state index in [9.17, 15) is 14.0 Å². The summed E-state index contributed by atoms with van der Waals surface area (Å²) in [6.45, 7) is 1.41. The molecular formula is C19H15FN2O3. The third kappa shape index (κ3) is 5.29. The summed E-state index contributed by atoms with van der Waals surface area (Å²) in [5.74, 6) is -1.77. The van der Waals surface area contributed by atoms with Crippen molar-refractivity contribution in [1.29, 1.82) is 5.26 Å². The van der Waals surface area contributed by atoms with Crippen molar-refractivity contribution in [1.82, 2.24) is 0 Å². The average Bonchev–Trinajstić information content (AvgIpc) is 2.61. The van der Waals surface area contributed by atoms with Crippen LogP contribution in [0.1, 0.15) is 18.1 Å². The first-order valence-corrected chi connectivity index (χ1v) is 7.44. The molecule has 0 saturated carbocycles. The second-order valence-electron chi connectivity index (χ2n) is 5.12. The van der Waals surface area contributed by atoms with Crippen LogP contribution >= 0.6 is 0 Å². The lowest BCUT2D eigenvalue weighted by atomic mass is 10.2. The lowest BCUT2D eigenvalue weighted by Crippen LogP contribution is -2.29. The molecule has 2 aromatic carbocycles. The molecular weight excluding hydrogens is 323 g/mol. The number of nitrogens with zero attached hydrogens (tertiary/aromatic N) is 1. The molecule has 0 spiro atoms. The SMILES string of the molecule is CC(OC(=O)/C=C/c1ccccc1F)C(=O)Nc1cccc(C#N)c1. The summed E-state index contributed by atoms with van der Waals surface area (Å²) in [7, 11) is 0. The Balaban J connectivity index is 1.93. The zero-order valence-electron chi connectivity index (χ0n) is 13.4. The van der Waals surface area contributed by atoms with Crippen LogP contribution in [0.5, 0.6) is 0 Å². The minimum Gasteiger partial charge on any atom is -0.449 e. The lowest BCUT2D eigenvalue weighted by molar-refractivity contribution is -0.148. The molecule has 1 N–H and O–H groups in total. The molecule has 2 aromatic rings. The van der Waals surface area contributed by atoms with E-state index in [2.05, 4.69) is 5.32 Å². The largest absolute Gasteiger partial charge is 0.449 e. The molecule has 0 bridgehead atoms. The van der Waals surface area contributed by atoms with Gasteiger partial charge in [0.1, 0.15) is 5.82 Å². The molecule has 1 atom stereocenters. The van der Waals surface area contributed by atoms with Crippen molar-refractivity contribution < 1.29 is 18.7 Å². The van der Waals surface area contributed by atoms with Crippen LogP contribution in [-0.4, -0.2) is 18.0 Å². The van der Waals surface area contributed by atoms with E-state index in [1.165, 1.54) is 31.2 Å². The van der Waals surface area contributed by atoms with Gasteiger partial charge in [-0.15, -0.1) is 0 Å². The number of carbonyl (C=O) groups is 2. The minimum absolute atomic E-state index is 0.241. The summed E-state index contributed by atoms with van der Waals surface area (Å²) in [6.07, 6.45) is 1.28. The third-order valence-electron chi connectivity index (χ3n) is 3.23. The van der Waals surface area contributed by atoms with Gasteiger partial charge in [0.15, 0.2) is 6.10 Å². The normalized spacial score (nSPS) is 11.6. The molecule has 25 heavy (non-hydrogen) atoms. The molecule has 0 aliphatic rings. The van der Waals surface area contributed by atoms with Crippen molar-refractivity contribution in [2.24, 2.45) is 0 Å². The predicted molar refractivity (Wildman–Crippen MR) is 90.8 cm³/mol. The van der Waals surface area contributed by atoms with Crippen LogP contribution in [0.3, 0.4) is 0 Å². The zero-order valence-corrected chi connectivity index (χ0v) is 13.4. The van der Waals surface area contributed by atoms with E-state index in [1.54, 1.807) is 30.3 Å². The van der Waals surface area contributed by atoms with Crippen molar-refractivity contribution in [2.45, 2.75) is 13.0 Å². The Morgan fingerprint density at radius 3 is 2.72 bits per heavy atom. The summed E-state index contributed by atoms with van der Waals surface area (Å²) in [5, 5.41) is 11.4. The molecule has 1 unspecified atom stereocenters. The highest BCUT2D eigenvalue weighted by molar-refractivity contribution is 5.96. The van der Waals surface area contributed by atoms with Gasteiger partial charge in [-0.2, -0.15) is 5.26 Å². The Morgan fingerprint density at radius 1 is 1.24 bits per heavy atom. The van der Waals surface area contributed by atoms with Gasteiger partial charge in [-0.25, -0.2) is 9.18 Å². The number of ether oxygens (including phenoxy) is 1. The zero-order chi connectivity index (χ0) is 18.2. The molecule has 6 heteroatoms. The van der Waals surface area contributed by atoms with E-state index >= 15 is 0 Å². The van der Waals surface area contributed by atoms with Gasteiger partial charge in [0, 0.05) is 17.3 Å². The smallest absolute Gasteiger partial charge is 0.331 e. The highest BCUT2D eigenvalue weighted by Crippen LogP contribution is 2.11. The van der Waals surface area contributed by atoms with E-state index in [4.69, 9.17) is 10.00 Å². The number of anilines is 1. The molecule has 0 aliphatic heterocycles. The van der Waals surface area contributed by atoms with E-state index in [1.807, 2.05) is 6.07 Å². The molecule has 126 valence electrons. The number of carbonyl (C=O) groups excluding carboxylic acids is 2. The summed E-state index contributed by atoms with van der Waals surface area (Å²) in [5.41, 5.74) is 1.06. The van der Waals surface area contributed by atoms with Crippen LogP contribution in [-0.2, 0) is 14.3 Å². The number of hydrogen-bond acceptors (Lipinski definition) is 4. The molecule has 0 radical (unpaired) electrons. The monoisotopic (exact) mass is 338 g/mol. The lowest BCUT2D eigenvalue weighted by Gasteiger charge is -2.12. The van der Waals surface area contributed by atoms with Gasteiger partial charge in [-0.05, 0) is 37.3 Å². The molecule has 0 aliphatic carbocycles. The van der Waals surface area contributed by atoms with Gasteiger partial charge in [-0.1, -0.05) is 24.3 Å². The van der Waals surface area contributed by atoms with Gasteiger partial charge < -0.3 is 10.1 Å². The molecule has 0 fully saturated rings. The number of esters is 1. The van der Waals surface area contributed by atoms with E-state index in [0.29, 0.717) is 11.3 Å². The standard InChI is InChI=1S/C19H15FN2O3/c1-13(19(24)22-16-7-4-5-14(11-16)12-21)25-18(23)10-9-15-6-2-3-8-17(15)20/h2-11,13H,1H3,(H,22,24)/b10-9+. The second kappa shape index (κ2) is 8.41. The third-order valence-corrected chi connectivity index (χ3v) is 3.23. The minimum atomic E-state index is -1.05. The number of halogens is 1. The van der Waals surface area contributed by atoms with E-state index in [0.717, 1.165) is 6.08 Å². The van der Waals surface area contributed by atoms with E-state index < -0.39 is 23.8 Å². The number of rotatable bonds is 5. The fraction of sp³-hybridized carbons (Fsp3) is 0.105. The molecule has 0 heterocycles. The van der Waals surface area contributed by atoms with Crippen LogP contribution in [0.25, 0.3) is 6.08 Å². The number of nitrogens with one attached hydrogen (secondary N) is 1. The topological polar surface area (TPSA) is 79.2 Å². The summed E-state index contributed by atoms with van der Waals surface area (Å²) >= 11 is 0. The van der Waals surface area contributed by atoms with Gasteiger partial charge >= 0.3 is 5.97 Å². The van der Waals surface area contributed by atoms with Gasteiger partial charge in [0.25, 0.3) is 5.91 Å². The van der Waals surface area contributed by atoms with Crippen LogP contribution in [0, 0.1) is 17.1 Å². The number of nitriles is 1. The van der Waals surface area contributed by atoms with Crippen molar-refractivity contribution in [3.8, 4) is 6.07 Å². The molecule has 2 rings (SSSR count). The van der Waals surface area contributed by atoms with Crippen molar-refractivity contribution in [2.75, 3.05) is 5.32 Å². The fourth-order valence-corrected chi connectivity index (χ4v) is 1.95. The van der Waals surface area contributed by atoms with Crippen LogP contribution in [0.15, 0.2) is 54.6 Å². The van der Waals surface area contributed by atoms with Crippen molar-refractivity contribution >= 4 is 23.6 Å². The number of amides is 1. The average molecular weight is 338 g/mol. The van der Waals surface area contributed by atoms with E-state index in [-0.39, 0.29) is 5.56 Å². The first-order chi connectivity index (χ1) is 12.0. The number of benzene rings is 2. The quantitative estimate of drug-likeness (QED) is 0.670. The van der Waals surface area contributed by atoms with Crippen molar-refractivity contribution in [3.63, 3.8) is 0 Å². The Labute approximate surface area is 144 Å². The van der Waals surface area contributed by atoms with Gasteiger partial charge in [-0.3, -0.25) is 4.79 Å². The van der Waals surface area contributed by atoms with Crippen LogP contribution in [0.4, 0.5) is 10.1 Å². The predicted octanol–water partition coefficient (Wildman–Crippen LogP) is 3.28. The Morgan fingerprint density at radius 2 is 2.00 bits per heavy atom. The van der Waals surface area contributed by atoms with Crippen LogP contribution in [0.2, 0.25) is 0 Å². The van der Waals surface area contributed by atoms with Gasteiger partial charge in [0.2, 0.25) is 0 Å². The molecule has 0 saturated heterocycles. The van der Waals surface area contributed by atoms with Crippen LogP contribution < -0.4 is 5.32 Å². The highest BCUT2D eigenvalue weighted by atomic mass is 19.1. The Bertz CT molecular complexity index is 856. The highest BCUT2D eigenvalue weighted by Gasteiger charge is 2.16. The number of hydrogen-bond donors (Lipinski definition) is 1. The summed E-state index contributed by atoms with van der Waals surface area (Å²) in [4.78, 5) is 23.8. The van der Waals surface area contributed by atoms with Crippen molar-refractivity contribution in [3.05, 3.63) is 71.6 Å². The molecule has 0 aromatic heterocycles. The fourth-order valence-electron chi connectivity index (χ4n) is 1.95. The summed E-state index contributed by atoms with van der Waals surface area (Å²) < 4.78 is 18.4. The summed E-state index contributed by atoms with van der Waals surface area (Å²) in [6, 6.07) is 14.3.